The minimum Gasteiger partial charge on any atom is -0.479 e. The maximum Gasteiger partial charge on any atom is 0.335 e. The fourth-order valence-electron chi connectivity index (χ4n) is 3.07. The second-order valence-corrected chi connectivity index (χ2v) is 9.54. The Bertz CT molecular complexity index is 789. The Balaban J connectivity index is 1.78. The van der Waals surface area contributed by atoms with Gasteiger partial charge in [-0.3, -0.25) is 0 Å². The highest BCUT2D eigenvalue weighted by molar-refractivity contribution is 8.17. The molecule has 2 heterocycles. The van der Waals surface area contributed by atoms with Gasteiger partial charge in [-0.2, -0.15) is 5.26 Å². The molecule has 10 nitrogen and oxygen atoms in total. The van der Waals surface area contributed by atoms with Gasteiger partial charge >= 0.3 is 5.97 Å². The lowest BCUT2D eigenvalue weighted by molar-refractivity contribution is -0.310. The molecule has 0 amide bonds. The Kier molecular flexibility index (Phi) is 7.61. The van der Waals surface area contributed by atoms with E-state index in [-0.39, 0.29) is 5.75 Å². The van der Waals surface area contributed by atoms with Crippen LogP contribution < -0.4 is 0 Å². The van der Waals surface area contributed by atoms with E-state index in [9.17, 15) is 30.3 Å². The van der Waals surface area contributed by atoms with Crippen molar-refractivity contribution < 1.29 is 44.9 Å². The summed E-state index contributed by atoms with van der Waals surface area (Å²) in [7, 11) is 0. The number of thioether (sulfide) groups is 2. The monoisotopic (exact) mass is 459 g/mol. The number of aliphatic hydroxyl groups is 5. The molecule has 2 aliphatic heterocycles. The summed E-state index contributed by atoms with van der Waals surface area (Å²) in [5.41, 5.74) is 0.477. The lowest BCUT2D eigenvalue weighted by Gasteiger charge is -2.43. The molecule has 2 aliphatic rings. The average Bonchev–Trinajstić information content (AvgIpc) is 2.73. The first-order valence-corrected chi connectivity index (χ1v) is 10.9. The molecule has 0 unspecified atom stereocenters. The molecule has 1 aromatic rings. The van der Waals surface area contributed by atoms with Crippen LogP contribution in [0.1, 0.15) is 5.56 Å². The van der Waals surface area contributed by atoms with Crippen LogP contribution in [-0.2, 0) is 14.3 Å². The van der Waals surface area contributed by atoms with Gasteiger partial charge in [0, 0.05) is 10.6 Å². The second-order valence-electron chi connectivity index (χ2n) is 6.85. The molecule has 2 fully saturated rings. The Hall–Kier alpha value is -1.40. The van der Waals surface area contributed by atoms with Gasteiger partial charge in [-0.1, -0.05) is 0 Å². The standard InChI is InChI=1S/C18H21NO9S2/c19-5-7-1-3-8(4-2-7)30-18-15(10(21)9(20)6-29-18)28-17-13(24)11(22)12(23)14(27-17)16(25)26/h1-4,9-15,17-18,20-24H,6H2,(H,25,26)/t9-,10+,11+,12+,13-,14+,15-,17+,18-/m1/s1. The zero-order valence-electron chi connectivity index (χ0n) is 15.4. The third kappa shape index (κ3) is 4.91. The first-order chi connectivity index (χ1) is 14.2. The van der Waals surface area contributed by atoms with Crippen LogP contribution >= 0.6 is 23.5 Å². The number of aliphatic carboxylic acids is 1. The molecule has 0 aromatic heterocycles. The van der Waals surface area contributed by atoms with Gasteiger partial charge in [-0.15, -0.1) is 23.5 Å². The van der Waals surface area contributed by atoms with Crippen molar-refractivity contribution in [3.05, 3.63) is 29.8 Å². The largest absolute Gasteiger partial charge is 0.479 e. The zero-order chi connectivity index (χ0) is 22.0. The predicted molar refractivity (Wildman–Crippen MR) is 104 cm³/mol. The maximum atomic E-state index is 11.3. The number of hydrogen-bond donors (Lipinski definition) is 6. The lowest BCUT2D eigenvalue weighted by atomic mass is 9.99. The minimum absolute atomic E-state index is 0.210. The van der Waals surface area contributed by atoms with Crippen molar-refractivity contribution in [3.8, 4) is 6.07 Å². The van der Waals surface area contributed by atoms with Crippen molar-refractivity contribution in [2.45, 2.75) is 58.5 Å². The Labute approximate surface area is 180 Å². The number of nitrogens with zero attached hydrogens (tertiary/aromatic N) is 1. The highest BCUT2D eigenvalue weighted by atomic mass is 32.2. The summed E-state index contributed by atoms with van der Waals surface area (Å²) in [6.07, 6.45) is -12.6. The Morgan fingerprint density at radius 1 is 1.10 bits per heavy atom. The van der Waals surface area contributed by atoms with Crippen LogP contribution in [-0.4, -0.2) is 96.0 Å². The van der Waals surface area contributed by atoms with Gasteiger partial charge in [0.15, 0.2) is 12.4 Å². The molecule has 30 heavy (non-hydrogen) atoms. The van der Waals surface area contributed by atoms with E-state index in [2.05, 4.69) is 0 Å². The molecular weight excluding hydrogens is 438 g/mol. The third-order valence-electron chi connectivity index (χ3n) is 4.77. The number of carbonyl (C=O) groups is 1. The molecule has 2 saturated heterocycles. The molecule has 6 N–H and O–H groups in total. The molecule has 0 spiro atoms. The third-order valence-corrected chi connectivity index (χ3v) is 7.64. The quantitative estimate of drug-likeness (QED) is 0.307. The number of carboxylic acid groups (broad SMARTS) is 1. The smallest absolute Gasteiger partial charge is 0.335 e. The van der Waals surface area contributed by atoms with Crippen LogP contribution in [0, 0.1) is 11.3 Å². The molecule has 0 bridgehead atoms. The molecule has 0 radical (unpaired) electrons. The number of nitriles is 1. The molecule has 0 aliphatic carbocycles. The molecule has 1 aromatic carbocycles. The van der Waals surface area contributed by atoms with Crippen LogP contribution in [0.25, 0.3) is 0 Å². The van der Waals surface area contributed by atoms with Crippen molar-refractivity contribution in [2.75, 3.05) is 5.75 Å². The first kappa shape index (κ1) is 23.3. The van der Waals surface area contributed by atoms with Gasteiger partial charge in [0.05, 0.1) is 22.3 Å². The SMILES string of the molecule is N#Cc1ccc(S[C@H]2SC[C@@H](O)[C@H](O)[C@H]2O[C@@H]2O[C@H](C(=O)O)[C@@H](O)[C@H](O)[C@H]2O)cc1. The van der Waals surface area contributed by atoms with Gasteiger partial charge in [-0.25, -0.2) is 4.79 Å². The van der Waals surface area contributed by atoms with Crippen LogP contribution in [0.2, 0.25) is 0 Å². The van der Waals surface area contributed by atoms with Crippen molar-refractivity contribution >= 4 is 29.5 Å². The summed E-state index contributed by atoms with van der Waals surface area (Å²) in [5.74, 6) is -1.34. The molecule has 164 valence electrons. The van der Waals surface area contributed by atoms with Crippen molar-refractivity contribution in [3.63, 3.8) is 0 Å². The van der Waals surface area contributed by atoms with Crippen LogP contribution in [0.15, 0.2) is 29.2 Å². The van der Waals surface area contributed by atoms with Crippen molar-refractivity contribution in [1.82, 2.24) is 0 Å². The van der Waals surface area contributed by atoms with Gasteiger partial charge < -0.3 is 40.1 Å². The van der Waals surface area contributed by atoms with E-state index in [0.29, 0.717) is 5.56 Å². The molecule has 12 heteroatoms. The number of hydrogen-bond acceptors (Lipinski definition) is 11. The van der Waals surface area contributed by atoms with Crippen molar-refractivity contribution in [2.24, 2.45) is 0 Å². The van der Waals surface area contributed by atoms with E-state index in [1.165, 1.54) is 23.5 Å². The number of ether oxygens (including phenoxy) is 2. The summed E-state index contributed by atoms with van der Waals surface area (Å²) in [6, 6.07) is 8.69. The number of carboxylic acids is 1. The number of rotatable bonds is 5. The average molecular weight is 459 g/mol. The van der Waals surface area contributed by atoms with E-state index in [4.69, 9.17) is 19.8 Å². The fourth-order valence-corrected chi connectivity index (χ4v) is 5.83. The van der Waals surface area contributed by atoms with Crippen LogP contribution in [0.3, 0.4) is 0 Å². The van der Waals surface area contributed by atoms with E-state index in [1.54, 1.807) is 24.3 Å². The topological polar surface area (TPSA) is 181 Å². The fraction of sp³-hybridized carbons (Fsp3) is 0.556. The summed E-state index contributed by atoms with van der Waals surface area (Å²) in [6.45, 7) is 0. The Morgan fingerprint density at radius 2 is 1.77 bits per heavy atom. The lowest BCUT2D eigenvalue weighted by Crippen LogP contribution is -2.62. The van der Waals surface area contributed by atoms with Gasteiger partial charge in [0.1, 0.15) is 30.5 Å². The molecule has 3 rings (SSSR count). The summed E-state index contributed by atoms with van der Waals surface area (Å²) < 4.78 is 10.3. The minimum atomic E-state index is -1.86. The van der Waals surface area contributed by atoms with E-state index in [1.807, 2.05) is 6.07 Å². The number of benzene rings is 1. The normalized spacial score (nSPS) is 39.3. The zero-order valence-corrected chi connectivity index (χ0v) is 17.0. The van der Waals surface area contributed by atoms with Crippen LogP contribution in [0.4, 0.5) is 0 Å². The molecule has 9 atom stereocenters. The van der Waals surface area contributed by atoms with Gasteiger partial charge in [-0.05, 0) is 24.3 Å². The molecular formula is C18H21NO9S2. The van der Waals surface area contributed by atoms with Gasteiger partial charge in [0.25, 0.3) is 0 Å². The summed E-state index contributed by atoms with van der Waals surface area (Å²) >= 11 is 2.57. The van der Waals surface area contributed by atoms with Gasteiger partial charge in [0.2, 0.25) is 0 Å². The second kappa shape index (κ2) is 9.82. The summed E-state index contributed by atoms with van der Waals surface area (Å²) in [5, 5.41) is 68.5. The number of aliphatic hydroxyl groups excluding tert-OH is 5. The highest BCUT2D eigenvalue weighted by Gasteiger charge is 2.50. The van der Waals surface area contributed by atoms with E-state index in [0.717, 1.165) is 4.90 Å². The first-order valence-electron chi connectivity index (χ1n) is 8.95. The van der Waals surface area contributed by atoms with Crippen molar-refractivity contribution in [1.29, 1.82) is 5.26 Å². The predicted octanol–water partition coefficient (Wildman–Crippen LogP) is -1.28. The van der Waals surface area contributed by atoms with Crippen LogP contribution in [0.5, 0.6) is 0 Å². The summed E-state index contributed by atoms with van der Waals surface area (Å²) in [4.78, 5) is 12.0. The highest BCUT2D eigenvalue weighted by Crippen LogP contribution is 2.41. The van der Waals surface area contributed by atoms with E-state index < -0.39 is 59.6 Å². The Morgan fingerprint density at radius 3 is 2.37 bits per heavy atom. The maximum absolute atomic E-state index is 11.3. The van der Waals surface area contributed by atoms with E-state index >= 15 is 0 Å². The molecule has 0 saturated carbocycles.